The van der Waals surface area contributed by atoms with E-state index in [1.54, 1.807) is 11.8 Å². The Kier molecular flexibility index (Phi) is 3.17. The number of rotatable bonds is 3. The summed E-state index contributed by atoms with van der Waals surface area (Å²) >= 11 is 1.80. The summed E-state index contributed by atoms with van der Waals surface area (Å²) in [7, 11) is 0. The van der Waals surface area contributed by atoms with Crippen LogP contribution in [0.2, 0.25) is 0 Å². The van der Waals surface area contributed by atoms with E-state index in [4.69, 9.17) is 5.26 Å². The number of hydrogen-bond acceptors (Lipinski definition) is 3. The molecule has 54 valence electrons. The number of thioether (sulfide) groups is 1. The lowest BCUT2D eigenvalue weighted by Gasteiger charge is -2.12. The van der Waals surface area contributed by atoms with E-state index in [1.165, 1.54) is 0 Å². The van der Waals surface area contributed by atoms with Gasteiger partial charge in [-0.1, -0.05) is 0 Å². The van der Waals surface area contributed by atoms with Crippen molar-refractivity contribution in [2.75, 3.05) is 12.4 Å². The molecule has 0 radical (unpaired) electrons. The highest BCUT2D eigenvalue weighted by Crippen LogP contribution is 2.14. The van der Waals surface area contributed by atoms with Gasteiger partial charge in [0.25, 0.3) is 0 Å². The van der Waals surface area contributed by atoms with Gasteiger partial charge < -0.3 is 4.90 Å². The van der Waals surface area contributed by atoms with Crippen LogP contribution in [-0.2, 0) is 0 Å². The molecule has 1 aliphatic heterocycles. The highest BCUT2D eigenvalue weighted by Gasteiger charge is 2.02. The van der Waals surface area contributed by atoms with Gasteiger partial charge in [-0.2, -0.15) is 5.26 Å². The molecule has 0 N–H and O–H groups in total. The second-order valence-electron chi connectivity index (χ2n) is 2.15. The summed E-state index contributed by atoms with van der Waals surface area (Å²) < 4.78 is 0. The molecule has 0 amide bonds. The Bertz CT molecular complexity index is 159. The minimum Gasteiger partial charge on any atom is -0.367 e. The molecule has 3 heteroatoms. The summed E-state index contributed by atoms with van der Waals surface area (Å²) in [5.74, 6) is 1.06. The Morgan fingerprint density at radius 1 is 1.70 bits per heavy atom. The first-order valence-electron chi connectivity index (χ1n) is 3.33. The van der Waals surface area contributed by atoms with E-state index in [1.807, 2.05) is 0 Å². The van der Waals surface area contributed by atoms with Crippen LogP contribution in [0.1, 0.15) is 12.8 Å². The van der Waals surface area contributed by atoms with E-state index in [9.17, 15) is 0 Å². The minimum atomic E-state index is 0.676. The van der Waals surface area contributed by atoms with Crippen molar-refractivity contribution in [1.82, 2.24) is 4.90 Å². The Morgan fingerprint density at radius 2 is 2.60 bits per heavy atom. The zero-order valence-electron chi connectivity index (χ0n) is 5.79. The largest absolute Gasteiger partial charge is 0.367 e. The van der Waals surface area contributed by atoms with Gasteiger partial charge in [0.05, 0.1) is 11.9 Å². The fraction of sp³-hybridized carbons (Fsp3) is 0.571. The molecule has 0 saturated carbocycles. The molecule has 2 nitrogen and oxygen atoms in total. The standard InChI is InChI=1S/C7H10N2S/c8-3-1-2-4-9-5-6-10-7-9/h5-6H,1-2,4,7H2. The highest BCUT2D eigenvalue weighted by atomic mass is 32.2. The van der Waals surface area contributed by atoms with Gasteiger partial charge in [0.2, 0.25) is 0 Å². The molecule has 0 atom stereocenters. The van der Waals surface area contributed by atoms with E-state index < -0.39 is 0 Å². The zero-order valence-corrected chi connectivity index (χ0v) is 6.60. The van der Waals surface area contributed by atoms with Gasteiger partial charge in [0.15, 0.2) is 0 Å². The molecule has 1 aliphatic rings. The molecule has 0 unspecified atom stereocenters. The Balaban J connectivity index is 2.03. The van der Waals surface area contributed by atoms with Crippen LogP contribution in [0.3, 0.4) is 0 Å². The molecular formula is C7H10N2S. The van der Waals surface area contributed by atoms with Crippen molar-refractivity contribution in [3.8, 4) is 6.07 Å². The van der Waals surface area contributed by atoms with E-state index in [2.05, 4.69) is 22.6 Å². The van der Waals surface area contributed by atoms with Gasteiger partial charge in [0.1, 0.15) is 0 Å². The normalized spacial score (nSPS) is 15.7. The van der Waals surface area contributed by atoms with E-state index >= 15 is 0 Å². The Labute approximate surface area is 65.5 Å². The van der Waals surface area contributed by atoms with Gasteiger partial charge in [-0.3, -0.25) is 0 Å². The number of nitrogens with zero attached hydrogens (tertiary/aromatic N) is 2. The van der Waals surface area contributed by atoms with Crippen LogP contribution < -0.4 is 0 Å². The monoisotopic (exact) mass is 154 g/mol. The highest BCUT2D eigenvalue weighted by molar-refractivity contribution is 8.02. The van der Waals surface area contributed by atoms with Crippen molar-refractivity contribution in [1.29, 1.82) is 5.26 Å². The second kappa shape index (κ2) is 4.24. The van der Waals surface area contributed by atoms with Crippen LogP contribution in [0.25, 0.3) is 0 Å². The molecule has 10 heavy (non-hydrogen) atoms. The predicted molar refractivity (Wildman–Crippen MR) is 43.2 cm³/mol. The van der Waals surface area contributed by atoms with E-state index in [0.717, 1.165) is 18.8 Å². The lowest BCUT2D eigenvalue weighted by Crippen LogP contribution is -2.13. The van der Waals surface area contributed by atoms with Gasteiger partial charge in [-0.15, -0.1) is 11.8 Å². The first-order valence-corrected chi connectivity index (χ1v) is 4.37. The molecular weight excluding hydrogens is 144 g/mol. The molecule has 1 heterocycles. The Morgan fingerprint density at radius 3 is 3.20 bits per heavy atom. The molecule has 0 aromatic rings. The molecule has 0 aromatic carbocycles. The minimum absolute atomic E-state index is 0.676. The topological polar surface area (TPSA) is 27.0 Å². The molecule has 0 aromatic heterocycles. The van der Waals surface area contributed by atoms with Crippen molar-refractivity contribution >= 4 is 11.8 Å². The molecule has 0 spiro atoms. The predicted octanol–water partition coefficient (Wildman–Crippen LogP) is 1.77. The summed E-state index contributed by atoms with van der Waals surface area (Å²) in [5, 5.41) is 10.3. The lowest BCUT2D eigenvalue weighted by molar-refractivity contribution is 0.438. The summed E-state index contributed by atoms with van der Waals surface area (Å²) in [6, 6.07) is 2.13. The van der Waals surface area contributed by atoms with Gasteiger partial charge in [-0.25, -0.2) is 0 Å². The van der Waals surface area contributed by atoms with Crippen LogP contribution in [-0.4, -0.2) is 17.3 Å². The van der Waals surface area contributed by atoms with Crippen molar-refractivity contribution in [2.24, 2.45) is 0 Å². The van der Waals surface area contributed by atoms with Crippen LogP contribution in [0.4, 0.5) is 0 Å². The summed E-state index contributed by atoms with van der Waals surface area (Å²) in [5.41, 5.74) is 0. The van der Waals surface area contributed by atoms with Gasteiger partial charge in [-0.05, 0) is 11.8 Å². The maximum atomic E-state index is 8.25. The van der Waals surface area contributed by atoms with Crippen molar-refractivity contribution in [2.45, 2.75) is 12.8 Å². The lowest BCUT2D eigenvalue weighted by atomic mass is 10.3. The number of nitriles is 1. The number of unbranched alkanes of at least 4 members (excludes halogenated alkanes) is 1. The fourth-order valence-corrected chi connectivity index (χ4v) is 1.56. The van der Waals surface area contributed by atoms with Crippen molar-refractivity contribution in [3.05, 3.63) is 11.6 Å². The van der Waals surface area contributed by atoms with Crippen molar-refractivity contribution < 1.29 is 0 Å². The first-order chi connectivity index (χ1) is 4.93. The third-order valence-electron chi connectivity index (χ3n) is 1.34. The maximum Gasteiger partial charge on any atom is 0.0675 e. The zero-order chi connectivity index (χ0) is 7.23. The Hall–Kier alpha value is -0.620. The molecule has 0 bridgehead atoms. The fourth-order valence-electron chi connectivity index (χ4n) is 0.811. The molecule has 0 fully saturated rings. The maximum absolute atomic E-state index is 8.25. The third-order valence-corrected chi connectivity index (χ3v) is 2.14. The first kappa shape index (κ1) is 7.49. The second-order valence-corrected chi connectivity index (χ2v) is 3.02. The SMILES string of the molecule is N#CCCCN1C=CSC1. The van der Waals surface area contributed by atoms with Gasteiger partial charge in [0, 0.05) is 19.2 Å². The average molecular weight is 154 g/mol. The molecule has 0 aliphatic carbocycles. The van der Waals surface area contributed by atoms with E-state index in [0.29, 0.717) is 6.42 Å². The summed E-state index contributed by atoms with van der Waals surface area (Å²) in [6.45, 7) is 1.02. The molecule has 0 saturated heterocycles. The number of hydrogen-bond donors (Lipinski definition) is 0. The third kappa shape index (κ3) is 2.32. The van der Waals surface area contributed by atoms with Crippen LogP contribution >= 0.6 is 11.8 Å². The smallest absolute Gasteiger partial charge is 0.0675 e. The van der Waals surface area contributed by atoms with Crippen LogP contribution in [0, 0.1) is 11.3 Å². The van der Waals surface area contributed by atoms with E-state index in [-0.39, 0.29) is 0 Å². The summed E-state index contributed by atoms with van der Waals surface area (Å²) in [6.07, 6.45) is 3.75. The average Bonchev–Trinajstić information content (AvgIpc) is 2.41. The molecule has 1 rings (SSSR count). The van der Waals surface area contributed by atoms with Crippen LogP contribution in [0.15, 0.2) is 11.6 Å². The van der Waals surface area contributed by atoms with Crippen molar-refractivity contribution in [3.63, 3.8) is 0 Å². The van der Waals surface area contributed by atoms with Crippen LogP contribution in [0.5, 0.6) is 0 Å². The van der Waals surface area contributed by atoms with Gasteiger partial charge >= 0.3 is 0 Å². The summed E-state index contributed by atoms with van der Waals surface area (Å²) in [4.78, 5) is 2.22. The quantitative estimate of drug-likeness (QED) is 0.580.